The predicted molar refractivity (Wildman–Crippen MR) is 86.1 cm³/mol. The highest BCUT2D eigenvalue weighted by Gasteiger charge is 2.19. The minimum absolute atomic E-state index is 0.169. The standard InChI is InChI=1S/C17H27NO3/c1-10(2)13-8-12(9-14(11(3)4)15(13)19)18-16(20)21-17(5,6)7/h8-11,19H,1-7H3,(H,18,20). The van der Waals surface area contributed by atoms with Crippen LogP contribution in [0.2, 0.25) is 0 Å². The van der Waals surface area contributed by atoms with Gasteiger partial charge in [0.2, 0.25) is 0 Å². The molecule has 1 aromatic rings. The number of benzene rings is 1. The number of anilines is 1. The third-order valence-corrected chi connectivity index (χ3v) is 3.06. The van der Waals surface area contributed by atoms with Crippen molar-refractivity contribution in [2.45, 2.75) is 65.9 Å². The zero-order chi connectivity index (χ0) is 16.4. The maximum atomic E-state index is 11.9. The average molecular weight is 293 g/mol. The zero-order valence-corrected chi connectivity index (χ0v) is 14.1. The molecule has 0 saturated heterocycles. The van der Waals surface area contributed by atoms with Crippen LogP contribution in [0.25, 0.3) is 0 Å². The largest absolute Gasteiger partial charge is 0.507 e. The van der Waals surface area contributed by atoms with Gasteiger partial charge in [-0.15, -0.1) is 0 Å². The predicted octanol–water partition coefficient (Wildman–Crippen LogP) is 4.99. The molecule has 1 amide bonds. The number of aromatic hydroxyl groups is 1. The fourth-order valence-corrected chi connectivity index (χ4v) is 2.05. The molecular weight excluding hydrogens is 266 g/mol. The van der Waals surface area contributed by atoms with Gasteiger partial charge in [0, 0.05) is 5.69 Å². The Kier molecular flexibility index (Phi) is 5.26. The summed E-state index contributed by atoms with van der Waals surface area (Å²) in [5.41, 5.74) is 1.76. The van der Waals surface area contributed by atoms with Gasteiger partial charge in [0.15, 0.2) is 0 Å². The lowest BCUT2D eigenvalue weighted by molar-refractivity contribution is 0.0636. The summed E-state index contributed by atoms with van der Waals surface area (Å²) in [7, 11) is 0. The van der Waals surface area contributed by atoms with Gasteiger partial charge in [0.05, 0.1) is 0 Å². The van der Waals surface area contributed by atoms with E-state index in [1.54, 1.807) is 12.1 Å². The summed E-state index contributed by atoms with van der Waals surface area (Å²) >= 11 is 0. The Bertz CT molecular complexity index is 484. The van der Waals surface area contributed by atoms with E-state index in [1.807, 2.05) is 48.5 Å². The average Bonchev–Trinajstić information content (AvgIpc) is 2.27. The van der Waals surface area contributed by atoms with Crippen LogP contribution in [0.15, 0.2) is 12.1 Å². The fourth-order valence-electron chi connectivity index (χ4n) is 2.05. The second-order valence-electron chi connectivity index (χ2n) is 6.94. The van der Waals surface area contributed by atoms with E-state index in [-0.39, 0.29) is 11.8 Å². The van der Waals surface area contributed by atoms with Gasteiger partial charge in [-0.3, -0.25) is 5.32 Å². The number of hydrogen-bond donors (Lipinski definition) is 2. The molecule has 0 heterocycles. The number of rotatable bonds is 3. The van der Waals surface area contributed by atoms with Crippen molar-refractivity contribution in [3.05, 3.63) is 23.3 Å². The summed E-state index contributed by atoms with van der Waals surface area (Å²) in [6, 6.07) is 3.60. The van der Waals surface area contributed by atoms with Crippen molar-refractivity contribution in [2.75, 3.05) is 5.32 Å². The van der Waals surface area contributed by atoms with Gasteiger partial charge in [-0.05, 0) is 55.9 Å². The van der Waals surface area contributed by atoms with E-state index in [0.717, 1.165) is 11.1 Å². The van der Waals surface area contributed by atoms with E-state index in [1.165, 1.54) is 0 Å². The van der Waals surface area contributed by atoms with Crippen LogP contribution in [-0.4, -0.2) is 16.8 Å². The third kappa shape index (κ3) is 4.96. The van der Waals surface area contributed by atoms with Crippen molar-refractivity contribution < 1.29 is 14.6 Å². The Morgan fingerprint density at radius 1 is 1.10 bits per heavy atom. The van der Waals surface area contributed by atoms with Gasteiger partial charge in [-0.2, -0.15) is 0 Å². The first-order valence-electron chi connectivity index (χ1n) is 7.38. The summed E-state index contributed by atoms with van der Waals surface area (Å²) in [6.07, 6.45) is -0.488. The van der Waals surface area contributed by atoms with Crippen molar-refractivity contribution in [3.63, 3.8) is 0 Å². The topological polar surface area (TPSA) is 58.6 Å². The summed E-state index contributed by atoms with van der Waals surface area (Å²) in [4.78, 5) is 11.9. The third-order valence-electron chi connectivity index (χ3n) is 3.06. The first-order valence-corrected chi connectivity index (χ1v) is 7.38. The van der Waals surface area contributed by atoms with Crippen molar-refractivity contribution in [1.82, 2.24) is 0 Å². The Morgan fingerprint density at radius 3 is 1.86 bits per heavy atom. The highest BCUT2D eigenvalue weighted by atomic mass is 16.6. The minimum Gasteiger partial charge on any atom is -0.507 e. The number of hydrogen-bond acceptors (Lipinski definition) is 3. The molecule has 118 valence electrons. The highest BCUT2D eigenvalue weighted by molar-refractivity contribution is 5.85. The second-order valence-corrected chi connectivity index (χ2v) is 6.94. The molecule has 2 N–H and O–H groups in total. The van der Waals surface area contributed by atoms with Crippen molar-refractivity contribution >= 4 is 11.8 Å². The number of phenolic OH excluding ortho intramolecular Hbond substituents is 1. The van der Waals surface area contributed by atoms with Crippen LogP contribution in [0, 0.1) is 0 Å². The number of nitrogens with one attached hydrogen (secondary N) is 1. The summed E-state index contributed by atoms with van der Waals surface area (Å²) < 4.78 is 5.26. The fraction of sp³-hybridized carbons (Fsp3) is 0.588. The van der Waals surface area contributed by atoms with E-state index < -0.39 is 11.7 Å². The van der Waals surface area contributed by atoms with Crippen molar-refractivity contribution in [1.29, 1.82) is 0 Å². The molecule has 0 radical (unpaired) electrons. The lowest BCUT2D eigenvalue weighted by atomic mass is 9.93. The molecule has 4 heteroatoms. The molecule has 1 aromatic carbocycles. The van der Waals surface area contributed by atoms with Gasteiger partial charge >= 0.3 is 6.09 Å². The van der Waals surface area contributed by atoms with E-state index in [2.05, 4.69) is 5.32 Å². The molecule has 4 nitrogen and oxygen atoms in total. The highest BCUT2D eigenvalue weighted by Crippen LogP contribution is 2.36. The van der Waals surface area contributed by atoms with Gasteiger partial charge in [0.25, 0.3) is 0 Å². The molecule has 21 heavy (non-hydrogen) atoms. The smallest absolute Gasteiger partial charge is 0.412 e. The maximum absolute atomic E-state index is 11.9. The Hall–Kier alpha value is -1.71. The SMILES string of the molecule is CC(C)c1cc(NC(=O)OC(C)(C)C)cc(C(C)C)c1O. The minimum atomic E-state index is -0.539. The lowest BCUT2D eigenvalue weighted by Crippen LogP contribution is -2.27. The molecule has 0 bridgehead atoms. The molecule has 1 rings (SSSR count). The van der Waals surface area contributed by atoms with Crippen LogP contribution in [-0.2, 0) is 4.74 Å². The normalized spacial score (nSPS) is 11.9. The van der Waals surface area contributed by atoms with E-state index in [0.29, 0.717) is 11.4 Å². The van der Waals surface area contributed by atoms with Crippen LogP contribution in [0.1, 0.15) is 71.4 Å². The first kappa shape index (κ1) is 17.3. The van der Waals surface area contributed by atoms with Gasteiger partial charge < -0.3 is 9.84 Å². The monoisotopic (exact) mass is 293 g/mol. The lowest BCUT2D eigenvalue weighted by Gasteiger charge is -2.21. The quantitative estimate of drug-likeness (QED) is 0.772. The molecule has 0 spiro atoms. The summed E-state index contributed by atoms with van der Waals surface area (Å²) in [6.45, 7) is 13.5. The summed E-state index contributed by atoms with van der Waals surface area (Å²) in [5.74, 6) is 0.653. The van der Waals surface area contributed by atoms with Crippen LogP contribution >= 0.6 is 0 Å². The van der Waals surface area contributed by atoms with Crippen molar-refractivity contribution in [3.8, 4) is 5.75 Å². The van der Waals surface area contributed by atoms with Crippen LogP contribution in [0.4, 0.5) is 10.5 Å². The van der Waals surface area contributed by atoms with E-state index in [9.17, 15) is 9.90 Å². The van der Waals surface area contributed by atoms with Crippen LogP contribution < -0.4 is 5.32 Å². The zero-order valence-electron chi connectivity index (χ0n) is 14.1. The molecule has 0 unspecified atom stereocenters. The van der Waals surface area contributed by atoms with Crippen molar-refractivity contribution in [2.24, 2.45) is 0 Å². The Labute approximate surface area is 127 Å². The first-order chi connectivity index (χ1) is 9.51. The van der Waals surface area contributed by atoms with Crippen LogP contribution in [0.5, 0.6) is 5.75 Å². The molecule has 0 atom stereocenters. The number of carbonyl (C=O) groups is 1. The van der Waals surface area contributed by atoms with Gasteiger partial charge in [-0.25, -0.2) is 4.79 Å². The van der Waals surface area contributed by atoms with E-state index >= 15 is 0 Å². The number of phenols is 1. The second kappa shape index (κ2) is 6.37. The van der Waals surface area contributed by atoms with Crippen LogP contribution in [0.3, 0.4) is 0 Å². The molecule has 0 aliphatic rings. The Morgan fingerprint density at radius 2 is 1.52 bits per heavy atom. The molecule has 0 aromatic heterocycles. The van der Waals surface area contributed by atoms with Gasteiger partial charge in [0.1, 0.15) is 11.4 Å². The maximum Gasteiger partial charge on any atom is 0.412 e. The molecular formula is C17H27NO3. The molecule has 0 aliphatic heterocycles. The Balaban J connectivity index is 3.11. The molecule has 0 saturated carbocycles. The molecule has 0 aliphatic carbocycles. The summed E-state index contributed by atoms with van der Waals surface area (Å²) in [5, 5.41) is 13.1. The number of ether oxygens (including phenoxy) is 1. The van der Waals surface area contributed by atoms with Gasteiger partial charge in [-0.1, -0.05) is 27.7 Å². The molecule has 0 fully saturated rings. The number of amides is 1. The number of carbonyl (C=O) groups excluding carboxylic acids is 1. The van der Waals surface area contributed by atoms with E-state index in [4.69, 9.17) is 4.74 Å².